The fourth-order valence-corrected chi connectivity index (χ4v) is 2.36. The molecule has 0 aromatic heterocycles. The molecule has 1 N–H and O–H groups in total. The van der Waals surface area contributed by atoms with Crippen molar-refractivity contribution in [2.24, 2.45) is 5.92 Å². The summed E-state index contributed by atoms with van der Waals surface area (Å²) >= 11 is 11.8. The molecule has 1 aliphatic heterocycles. The predicted molar refractivity (Wildman–Crippen MR) is 79.0 cm³/mol. The second kappa shape index (κ2) is 8.23. The summed E-state index contributed by atoms with van der Waals surface area (Å²) < 4.78 is 5.71. The van der Waals surface area contributed by atoms with Gasteiger partial charge in [-0.3, -0.25) is 0 Å². The first kappa shape index (κ1) is 16.1. The quantitative estimate of drug-likeness (QED) is 0.910. The number of ether oxygens (including phenoxy) is 1. The summed E-state index contributed by atoms with van der Waals surface area (Å²) in [4.78, 5) is 0. The maximum atomic E-state index is 5.94. The minimum atomic E-state index is 0. The zero-order valence-corrected chi connectivity index (χ0v) is 12.5. The van der Waals surface area contributed by atoms with Crippen LogP contribution in [0.15, 0.2) is 18.2 Å². The van der Waals surface area contributed by atoms with Crippen molar-refractivity contribution in [3.63, 3.8) is 0 Å². The summed E-state index contributed by atoms with van der Waals surface area (Å²) in [5.74, 6) is 0.645. The number of piperidine rings is 1. The average Bonchev–Trinajstić information content (AvgIpc) is 2.35. The average molecular weight is 311 g/mol. The molecule has 1 fully saturated rings. The zero-order chi connectivity index (χ0) is 12.1. The van der Waals surface area contributed by atoms with Crippen molar-refractivity contribution in [1.82, 2.24) is 5.32 Å². The zero-order valence-electron chi connectivity index (χ0n) is 10.1. The van der Waals surface area contributed by atoms with Gasteiger partial charge in [0.05, 0.1) is 23.3 Å². The lowest BCUT2D eigenvalue weighted by molar-refractivity contribution is 0.0783. The molecular formula is C13H18Cl3NO. The van der Waals surface area contributed by atoms with Crippen molar-refractivity contribution in [2.75, 3.05) is 19.7 Å². The Morgan fingerprint density at radius 1 is 1.28 bits per heavy atom. The van der Waals surface area contributed by atoms with Crippen molar-refractivity contribution >= 4 is 35.6 Å². The van der Waals surface area contributed by atoms with Crippen molar-refractivity contribution < 1.29 is 4.74 Å². The summed E-state index contributed by atoms with van der Waals surface area (Å²) in [5.41, 5.74) is 1.07. The van der Waals surface area contributed by atoms with Gasteiger partial charge in [0.2, 0.25) is 0 Å². The third-order valence-corrected chi connectivity index (χ3v) is 3.74. The second-order valence-electron chi connectivity index (χ2n) is 4.48. The molecular weight excluding hydrogens is 293 g/mol. The van der Waals surface area contributed by atoms with Crippen LogP contribution in [0.4, 0.5) is 0 Å². The third kappa shape index (κ3) is 4.94. The van der Waals surface area contributed by atoms with Gasteiger partial charge in [-0.25, -0.2) is 0 Å². The molecule has 1 atom stereocenters. The molecule has 1 aromatic rings. The van der Waals surface area contributed by atoms with Gasteiger partial charge in [0, 0.05) is 6.54 Å². The lowest BCUT2D eigenvalue weighted by Gasteiger charge is -2.22. The summed E-state index contributed by atoms with van der Waals surface area (Å²) in [6.07, 6.45) is 2.51. The Morgan fingerprint density at radius 3 is 2.78 bits per heavy atom. The van der Waals surface area contributed by atoms with E-state index in [1.165, 1.54) is 12.8 Å². The number of benzene rings is 1. The second-order valence-corrected chi connectivity index (χ2v) is 5.29. The van der Waals surface area contributed by atoms with Crippen molar-refractivity contribution in [2.45, 2.75) is 19.4 Å². The molecule has 1 heterocycles. The van der Waals surface area contributed by atoms with Crippen LogP contribution in [0.1, 0.15) is 18.4 Å². The predicted octanol–water partition coefficient (Wildman–Crippen LogP) is 3.93. The van der Waals surface area contributed by atoms with E-state index in [0.29, 0.717) is 22.6 Å². The molecule has 2 rings (SSSR count). The third-order valence-electron chi connectivity index (χ3n) is 3.01. The largest absolute Gasteiger partial charge is 0.376 e. The Hall–Kier alpha value is 0.01000. The normalized spacial score (nSPS) is 19.3. The lowest BCUT2D eigenvalue weighted by Crippen LogP contribution is -2.32. The summed E-state index contributed by atoms with van der Waals surface area (Å²) in [6, 6.07) is 5.63. The fraction of sp³-hybridized carbons (Fsp3) is 0.538. The summed E-state index contributed by atoms with van der Waals surface area (Å²) in [5, 5.41) is 4.56. The Balaban J connectivity index is 0.00000162. The van der Waals surface area contributed by atoms with Crippen molar-refractivity contribution in [3.05, 3.63) is 33.8 Å². The lowest BCUT2D eigenvalue weighted by atomic mass is 10.0. The highest BCUT2D eigenvalue weighted by molar-refractivity contribution is 6.42. The molecule has 1 saturated heterocycles. The molecule has 1 aromatic carbocycles. The van der Waals surface area contributed by atoms with Crippen LogP contribution >= 0.6 is 35.6 Å². The van der Waals surface area contributed by atoms with E-state index in [1.807, 2.05) is 18.2 Å². The Morgan fingerprint density at radius 2 is 2.11 bits per heavy atom. The molecule has 102 valence electrons. The Labute approximate surface area is 124 Å². The van der Waals surface area contributed by atoms with Gasteiger partial charge in [-0.2, -0.15) is 0 Å². The van der Waals surface area contributed by atoms with E-state index in [9.17, 15) is 0 Å². The van der Waals surface area contributed by atoms with E-state index in [-0.39, 0.29) is 12.4 Å². The van der Waals surface area contributed by atoms with Gasteiger partial charge in [0.15, 0.2) is 0 Å². The molecule has 0 aliphatic carbocycles. The number of rotatable bonds is 4. The van der Waals surface area contributed by atoms with E-state index < -0.39 is 0 Å². The van der Waals surface area contributed by atoms with Crippen LogP contribution in [-0.2, 0) is 11.3 Å². The van der Waals surface area contributed by atoms with E-state index in [0.717, 1.165) is 25.3 Å². The number of halogens is 3. The molecule has 1 aliphatic rings. The molecule has 1 unspecified atom stereocenters. The Bertz CT molecular complexity index is 367. The molecule has 0 radical (unpaired) electrons. The maximum Gasteiger partial charge on any atom is 0.0717 e. The van der Waals surface area contributed by atoms with Gasteiger partial charge >= 0.3 is 0 Å². The van der Waals surface area contributed by atoms with Gasteiger partial charge < -0.3 is 10.1 Å². The standard InChI is InChI=1S/C13H17Cl2NO.ClH/c14-12-4-3-10(6-13(12)15)8-17-9-11-2-1-5-16-7-11;/h3-4,6,11,16H,1-2,5,7-9H2;1H. The van der Waals surface area contributed by atoms with Gasteiger partial charge in [-0.15, -0.1) is 12.4 Å². The van der Waals surface area contributed by atoms with E-state index >= 15 is 0 Å². The molecule has 5 heteroatoms. The first-order valence-corrected chi connectivity index (χ1v) is 6.73. The first-order chi connectivity index (χ1) is 8.25. The highest BCUT2D eigenvalue weighted by Crippen LogP contribution is 2.23. The molecule has 0 spiro atoms. The number of nitrogens with one attached hydrogen (secondary N) is 1. The van der Waals surface area contributed by atoms with Crippen LogP contribution in [0, 0.1) is 5.92 Å². The Kier molecular flexibility index (Phi) is 7.35. The highest BCUT2D eigenvalue weighted by Gasteiger charge is 2.12. The summed E-state index contributed by atoms with van der Waals surface area (Å²) in [7, 11) is 0. The number of hydrogen-bond acceptors (Lipinski definition) is 2. The molecule has 2 nitrogen and oxygen atoms in total. The molecule has 0 amide bonds. The van der Waals surface area contributed by atoms with E-state index in [4.69, 9.17) is 27.9 Å². The summed E-state index contributed by atoms with van der Waals surface area (Å²) in [6.45, 7) is 3.63. The van der Waals surface area contributed by atoms with Gasteiger partial charge in [-0.1, -0.05) is 29.3 Å². The molecule has 0 saturated carbocycles. The van der Waals surface area contributed by atoms with Crippen LogP contribution in [0.25, 0.3) is 0 Å². The highest BCUT2D eigenvalue weighted by atomic mass is 35.5. The minimum absolute atomic E-state index is 0. The maximum absolute atomic E-state index is 5.94. The van der Waals surface area contributed by atoms with E-state index in [1.54, 1.807) is 0 Å². The van der Waals surface area contributed by atoms with Crippen LogP contribution in [0.5, 0.6) is 0 Å². The van der Waals surface area contributed by atoms with Crippen LogP contribution in [-0.4, -0.2) is 19.7 Å². The van der Waals surface area contributed by atoms with Gasteiger partial charge in [0.1, 0.15) is 0 Å². The molecule has 18 heavy (non-hydrogen) atoms. The number of hydrogen-bond donors (Lipinski definition) is 1. The first-order valence-electron chi connectivity index (χ1n) is 5.98. The topological polar surface area (TPSA) is 21.3 Å². The van der Waals surface area contributed by atoms with E-state index in [2.05, 4.69) is 5.32 Å². The fourth-order valence-electron chi connectivity index (χ4n) is 2.04. The van der Waals surface area contributed by atoms with Gasteiger partial charge in [0.25, 0.3) is 0 Å². The SMILES string of the molecule is Cl.Clc1ccc(COCC2CCCNC2)cc1Cl. The van der Waals surface area contributed by atoms with Crippen LogP contribution in [0.2, 0.25) is 10.0 Å². The van der Waals surface area contributed by atoms with Crippen LogP contribution in [0.3, 0.4) is 0 Å². The van der Waals surface area contributed by atoms with Crippen molar-refractivity contribution in [3.8, 4) is 0 Å². The molecule has 0 bridgehead atoms. The smallest absolute Gasteiger partial charge is 0.0717 e. The monoisotopic (exact) mass is 309 g/mol. The minimum Gasteiger partial charge on any atom is -0.376 e. The van der Waals surface area contributed by atoms with Gasteiger partial charge in [-0.05, 0) is 43.0 Å². The van der Waals surface area contributed by atoms with Crippen molar-refractivity contribution in [1.29, 1.82) is 0 Å². The van der Waals surface area contributed by atoms with Crippen LogP contribution < -0.4 is 5.32 Å².